The number of aliphatic carboxylic acids is 1. The van der Waals surface area contributed by atoms with E-state index in [0.717, 1.165) is 32.4 Å². The largest absolute Gasteiger partial charge is 0.497 e. The van der Waals surface area contributed by atoms with Crippen LogP contribution in [0.3, 0.4) is 0 Å². The Morgan fingerprint density at radius 2 is 2.12 bits per heavy atom. The number of likely N-dealkylation sites (N-methyl/N-ethyl adjacent to an activating group) is 1. The molecule has 0 aromatic heterocycles. The van der Waals surface area contributed by atoms with Crippen LogP contribution in [-0.2, 0) is 14.6 Å². The minimum absolute atomic E-state index is 0.0366. The normalized spacial score (nSPS) is 19.3. The summed E-state index contributed by atoms with van der Waals surface area (Å²) in [7, 11) is -0.0101. The predicted molar refractivity (Wildman–Crippen MR) is 99.4 cm³/mol. The molecule has 1 fully saturated rings. The third-order valence-electron chi connectivity index (χ3n) is 4.87. The van der Waals surface area contributed by atoms with Gasteiger partial charge >= 0.3 is 5.97 Å². The second kappa shape index (κ2) is 9.34. The van der Waals surface area contributed by atoms with E-state index in [4.69, 9.17) is 9.84 Å². The highest BCUT2D eigenvalue weighted by atomic mass is 32.2. The van der Waals surface area contributed by atoms with Crippen molar-refractivity contribution in [1.29, 1.82) is 0 Å². The summed E-state index contributed by atoms with van der Waals surface area (Å²) >= 11 is 0. The molecule has 8 heteroatoms. The molecule has 1 aliphatic rings. The molecule has 0 saturated carbocycles. The number of sulfone groups is 1. The fraction of sp³-hybridized carbons (Fsp3) is 0.611. The molecule has 1 aliphatic heterocycles. The van der Waals surface area contributed by atoms with Crippen molar-refractivity contribution in [2.45, 2.75) is 30.2 Å². The first kappa shape index (κ1) is 20.7. The zero-order valence-electron chi connectivity index (χ0n) is 15.4. The zero-order chi connectivity index (χ0) is 19.2. The molecule has 146 valence electrons. The molecule has 0 aliphatic carbocycles. The maximum atomic E-state index is 12.6. The van der Waals surface area contributed by atoms with Crippen molar-refractivity contribution in [3.05, 3.63) is 24.3 Å². The van der Waals surface area contributed by atoms with Crippen molar-refractivity contribution in [1.82, 2.24) is 9.80 Å². The molecule has 1 heterocycles. The van der Waals surface area contributed by atoms with Gasteiger partial charge in [0, 0.05) is 12.6 Å². The molecule has 0 spiro atoms. The van der Waals surface area contributed by atoms with E-state index >= 15 is 0 Å². The molecule has 0 radical (unpaired) electrons. The van der Waals surface area contributed by atoms with Gasteiger partial charge in [0.1, 0.15) is 5.75 Å². The van der Waals surface area contributed by atoms with Gasteiger partial charge < -0.3 is 14.7 Å². The van der Waals surface area contributed by atoms with Crippen LogP contribution in [0, 0.1) is 0 Å². The summed E-state index contributed by atoms with van der Waals surface area (Å²) in [4.78, 5) is 15.2. The Bertz CT molecular complexity index is 707. The van der Waals surface area contributed by atoms with Crippen LogP contribution >= 0.6 is 0 Å². The SMILES string of the molecule is COc1cccc(S(=O)(=O)CCN2CCCC(N(C)CC(=O)O)CC2)c1. The average molecular weight is 384 g/mol. The molecule has 1 unspecified atom stereocenters. The molecule has 1 saturated heterocycles. The van der Waals surface area contributed by atoms with Crippen LogP contribution < -0.4 is 4.74 Å². The van der Waals surface area contributed by atoms with E-state index in [0.29, 0.717) is 12.3 Å². The first-order valence-corrected chi connectivity index (χ1v) is 10.5. The Kier molecular flexibility index (Phi) is 7.43. The van der Waals surface area contributed by atoms with E-state index in [-0.39, 0.29) is 23.2 Å². The second-order valence-corrected chi connectivity index (χ2v) is 8.84. The van der Waals surface area contributed by atoms with Gasteiger partial charge in [0.15, 0.2) is 9.84 Å². The van der Waals surface area contributed by atoms with Crippen LogP contribution in [0.1, 0.15) is 19.3 Å². The molecular weight excluding hydrogens is 356 g/mol. The molecule has 1 aromatic carbocycles. The Hall–Kier alpha value is -1.64. The van der Waals surface area contributed by atoms with Gasteiger partial charge in [-0.2, -0.15) is 0 Å². The average Bonchev–Trinajstić information content (AvgIpc) is 2.85. The van der Waals surface area contributed by atoms with Crippen LogP contribution in [0.5, 0.6) is 5.75 Å². The summed E-state index contributed by atoms with van der Waals surface area (Å²) in [6.07, 6.45) is 2.72. The van der Waals surface area contributed by atoms with Crippen molar-refractivity contribution < 1.29 is 23.1 Å². The van der Waals surface area contributed by atoms with E-state index in [1.807, 2.05) is 11.9 Å². The van der Waals surface area contributed by atoms with Crippen molar-refractivity contribution in [3.8, 4) is 5.75 Å². The summed E-state index contributed by atoms with van der Waals surface area (Å²) in [5.74, 6) is -0.223. The number of carboxylic acids is 1. The maximum Gasteiger partial charge on any atom is 0.317 e. The summed E-state index contributed by atoms with van der Waals surface area (Å²) in [6, 6.07) is 6.78. The summed E-state index contributed by atoms with van der Waals surface area (Å²) < 4.78 is 30.2. The molecule has 1 aromatic rings. The number of methoxy groups -OCH3 is 1. The van der Waals surface area contributed by atoms with Gasteiger partial charge in [0.2, 0.25) is 0 Å². The van der Waals surface area contributed by atoms with Gasteiger partial charge in [-0.15, -0.1) is 0 Å². The predicted octanol–water partition coefficient (Wildman–Crippen LogP) is 1.34. The Labute approximate surface area is 155 Å². The van der Waals surface area contributed by atoms with Crippen molar-refractivity contribution in [3.63, 3.8) is 0 Å². The fourth-order valence-electron chi connectivity index (χ4n) is 3.31. The number of ether oxygens (including phenoxy) is 1. The lowest BCUT2D eigenvalue weighted by Crippen LogP contribution is -2.37. The number of likely N-dealkylation sites (tertiary alicyclic amines) is 1. The van der Waals surface area contributed by atoms with E-state index in [1.165, 1.54) is 7.11 Å². The number of nitrogens with zero attached hydrogens (tertiary/aromatic N) is 2. The Morgan fingerprint density at radius 1 is 1.35 bits per heavy atom. The Balaban J connectivity index is 1.90. The number of hydrogen-bond donors (Lipinski definition) is 1. The van der Waals surface area contributed by atoms with Crippen LogP contribution in [-0.4, -0.2) is 81.4 Å². The number of carboxylic acid groups (broad SMARTS) is 1. The number of hydrogen-bond acceptors (Lipinski definition) is 6. The fourth-order valence-corrected chi connectivity index (χ4v) is 4.62. The van der Waals surface area contributed by atoms with Gasteiger partial charge in [-0.25, -0.2) is 8.42 Å². The van der Waals surface area contributed by atoms with Crippen molar-refractivity contribution in [2.24, 2.45) is 0 Å². The number of rotatable bonds is 8. The van der Waals surface area contributed by atoms with Crippen LogP contribution in [0.15, 0.2) is 29.2 Å². The summed E-state index contributed by atoms with van der Waals surface area (Å²) in [6.45, 7) is 2.14. The molecular formula is C18H28N2O5S. The molecule has 1 atom stereocenters. The van der Waals surface area contributed by atoms with Gasteiger partial charge in [-0.3, -0.25) is 9.69 Å². The molecule has 0 bridgehead atoms. The van der Waals surface area contributed by atoms with E-state index < -0.39 is 15.8 Å². The molecule has 1 N–H and O–H groups in total. The van der Waals surface area contributed by atoms with Gasteiger partial charge in [-0.05, 0) is 57.6 Å². The van der Waals surface area contributed by atoms with E-state index in [9.17, 15) is 13.2 Å². The summed E-state index contributed by atoms with van der Waals surface area (Å²) in [5.41, 5.74) is 0. The first-order chi connectivity index (χ1) is 12.3. The highest BCUT2D eigenvalue weighted by Crippen LogP contribution is 2.19. The molecule has 2 rings (SSSR count). The Morgan fingerprint density at radius 3 is 2.81 bits per heavy atom. The van der Waals surface area contributed by atoms with Gasteiger partial charge in [0.25, 0.3) is 0 Å². The lowest BCUT2D eigenvalue weighted by molar-refractivity contribution is -0.138. The monoisotopic (exact) mass is 384 g/mol. The third-order valence-corrected chi connectivity index (χ3v) is 6.57. The highest BCUT2D eigenvalue weighted by Gasteiger charge is 2.23. The van der Waals surface area contributed by atoms with Gasteiger partial charge in [0.05, 0.1) is 24.3 Å². The van der Waals surface area contributed by atoms with Crippen molar-refractivity contribution in [2.75, 3.05) is 46.1 Å². The number of carbonyl (C=O) groups is 1. The van der Waals surface area contributed by atoms with Crippen LogP contribution in [0.25, 0.3) is 0 Å². The lowest BCUT2D eigenvalue weighted by Gasteiger charge is -2.25. The number of benzene rings is 1. The van der Waals surface area contributed by atoms with E-state index in [2.05, 4.69) is 4.90 Å². The smallest absolute Gasteiger partial charge is 0.317 e. The topological polar surface area (TPSA) is 87.2 Å². The molecule has 7 nitrogen and oxygen atoms in total. The minimum Gasteiger partial charge on any atom is -0.497 e. The summed E-state index contributed by atoms with van der Waals surface area (Å²) in [5, 5.41) is 8.93. The van der Waals surface area contributed by atoms with Gasteiger partial charge in [-0.1, -0.05) is 6.07 Å². The van der Waals surface area contributed by atoms with Crippen LogP contribution in [0.4, 0.5) is 0 Å². The van der Waals surface area contributed by atoms with Crippen LogP contribution in [0.2, 0.25) is 0 Å². The molecule has 26 heavy (non-hydrogen) atoms. The van der Waals surface area contributed by atoms with E-state index in [1.54, 1.807) is 24.3 Å². The lowest BCUT2D eigenvalue weighted by atomic mass is 10.1. The maximum absolute atomic E-state index is 12.6. The highest BCUT2D eigenvalue weighted by molar-refractivity contribution is 7.91. The standard InChI is InChI=1S/C18H28N2O5S/c1-19(14-18(21)22)15-5-4-9-20(10-8-15)11-12-26(23,24)17-7-3-6-16(13-17)25-2/h3,6-7,13,15H,4-5,8-12,14H2,1-2H3,(H,21,22). The van der Waals surface area contributed by atoms with Crippen molar-refractivity contribution >= 4 is 15.8 Å². The molecule has 0 amide bonds. The zero-order valence-corrected chi connectivity index (χ0v) is 16.2. The third kappa shape index (κ3) is 5.96. The quantitative estimate of drug-likeness (QED) is 0.724. The minimum atomic E-state index is -3.36. The second-order valence-electron chi connectivity index (χ2n) is 6.73. The first-order valence-electron chi connectivity index (χ1n) is 8.83.